The van der Waals surface area contributed by atoms with Crippen LogP contribution in [0.25, 0.3) is 11.0 Å². The minimum absolute atomic E-state index is 0.192. The Morgan fingerprint density at radius 2 is 2.13 bits per heavy atom. The summed E-state index contributed by atoms with van der Waals surface area (Å²) in [5.74, 6) is -0.192. The number of nitrogens with zero attached hydrogens (tertiary/aromatic N) is 4. The molecule has 0 atom stereocenters. The highest BCUT2D eigenvalue weighted by molar-refractivity contribution is 6.30. The Hall–Kier alpha value is -2.73. The number of aromatic nitrogens is 3. The third-order valence-electron chi connectivity index (χ3n) is 3.22. The molecule has 3 rings (SSSR count). The molecule has 0 radical (unpaired) electrons. The van der Waals surface area contributed by atoms with Gasteiger partial charge in [-0.15, -0.1) is 5.10 Å². The fourth-order valence-corrected chi connectivity index (χ4v) is 2.31. The molecule has 1 heterocycles. The average Bonchev–Trinajstić information content (AvgIpc) is 2.96. The highest BCUT2D eigenvalue weighted by Gasteiger charge is 2.05. The van der Waals surface area contributed by atoms with Crippen molar-refractivity contribution in [2.75, 3.05) is 0 Å². The minimum atomic E-state index is -0.192. The maximum absolute atomic E-state index is 11.8. The number of para-hydroxylation sites is 1. The summed E-state index contributed by atoms with van der Waals surface area (Å²) in [6.45, 7) is 0.443. The van der Waals surface area contributed by atoms with Crippen LogP contribution in [0.1, 0.15) is 12.0 Å². The molecule has 1 aromatic heterocycles. The number of aryl methyl sites for hydroxylation is 1. The number of nitrogens with one attached hydrogen (secondary N) is 1. The van der Waals surface area contributed by atoms with Gasteiger partial charge in [0.25, 0.3) is 0 Å². The molecule has 0 bridgehead atoms. The molecule has 7 heteroatoms. The van der Waals surface area contributed by atoms with Crippen molar-refractivity contribution in [3.8, 4) is 0 Å². The Balaban J connectivity index is 1.54. The molecule has 1 amide bonds. The van der Waals surface area contributed by atoms with E-state index in [0.29, 0.717) is 11.6 Å². The molecule has 23 heavy (non-hydrogen) atoms. The molecule has 0 aliphatic heterocycles. The monoisotopic (exact) mass is 327 g/mol. The van der Waals surface area contributed by atoms with Crippen LogP contribution in [0.5, 0.6) is 0 Å². The largest absolute Gasteiger partial charge is 0.273 e. The summed E-state index contributed by atoms with van der Waals surface area (Å²) in [4.78, 5) is 11.8. The number of halogens is 1. The SMILES string of the molecule is O=C(CCn1nnc2ccccc21)NN=Cc1cccc(Cl)c1. The van der Waals surface area contributed by atoms with Crippen molar-refractivity contribution in [3.63, 3.8) is 0 Å². The molecule has 1 N–H and O–H groups in total. The first-order chi connectivity index (χ1) is 11.2. The van der Waals surface area contributed by atoms with Crippen LogP contribution in [-0.4, -0.2) is 27.1 Å². The van der Waals surface area contributed by atoms with E-state index in [9.17, 15) is 4.79 Å². The van der Waals surface area contributed by atoms with E-state index in [2.05, 4.69) is 20.8 Å². The van der Waals surface area contributed by atoms with Gasteiger partial charge in [-0.25, -0.2) is 10.1 Å². The van der Waals surface area contributed by atoms with E-state index in [1.165, 1.54) is 0 Å². The van der Waals surface area contributed by atoms with E-state index in [1.807, 2.05) is 36.4 Å². The maximum atomic E-state index is 11.8. The van der Waals surface area contributed by atoms with Gasteiger partial charge in [-0.3, -0.25) is 4.79 Å². The molecule has 0 unspecified atom stereocenters. The van der Waals surface area contributed by atoms with Crippen molar-refractivity contribution < 1.29 is 4.79 Å². The summed E-state index contributed by atoms with van der Waals surface area (Å²) >= 11 is 5.88. The second kappa shape index (κ2) is 7.02. The van der Waals surface area contributed by atoms with Gasteiger partial charge in [0.05, 0.1) is 18.3 Å². The number of hydrogen-bond donors (Lipinski definition) is 1. The van der Waals surface area contributed by atoms with Crippen molar-refractivity contribution >= 4 is 34.8 Å². The lowest BCUT2D eigenvalue weighted by molar-refractivity contribution is -0.121. The highest BCUT2D eigenvalue weighted by atomic mass is 35.5. The van der Waals surface area contributed by atoms with Gasteiger partial charge in [-0.2, -0.15) is 5.10 Å². The fourth-order valence-electron chi connectivity index (χ4n) is 2.11. The van der Waals surface area contributed by atoms with E-state index in [0.717, 1.165) is 16.6 Å². The quantitative estimate of drug-likeness (QED) is 0.578. The zero-order chi connectivity index (χ0) is 16.1. The summed E-state index contributed by atoms with van der Waals surface area (Å²) in [6, 6.07) is 14.8. The molecule has 0 saturated carbocycles. The molecule has 6 nitrogen and oxygen atoms in total. The molecule has 0 fully saturated rings. The first kappa shape index (κ1) is 15.2. The smallest absolute Gasteiger partial charge is 0.241 e. The van der Waals surface area contributed by atoms with Gasteiger partial charge in [0.1, 0.15) is 5.52 Å². The topological polar surface area (TPSA) is 72.2 Å². The molecule has 0 aliphatic rings. The van der Waals surface area contributed by atoms with Crippen LogP contribution in [0.4, 0.5) is 0 Å². The van der Waals surface area contributed by atoms with Crippen molar-refractivity contribution in [3.05, 3.63) is 59.1 Å². The highest BCUT2D eigenvalue weighted by Crippen LogP contribution is 2.10. The lowest BCUT2D eigenvalue weighted by Gasteiger charge is -2.01. The fraction of sp³-hybridized carbons (Fsp3) is 0.125. The van der Waals surface area contributed by atoms with Crippen LogP contribution >= 0.6 is 11.6 Å². The van der Waals surface area contributed by atoms with E-state index >= 15 is 0 Å². The van der Waals surface area contributed by atoms with Crippen molar-refractivity contribution in [1.29, 1.82) is 0 Å². The molecule has 3 aromatic rings. The number of benzene rings is 2. The van der Waals surface area contributed by atoms with Gasteiger partial charge in [0.15, 0.2) is 0 Å². The molecule has 0 saturated heterocycles. The van der Waals surface area contributed by atoms with Crippen LogP contribution < -0.4 is 5.43 Å². The predicted octanol–water partition coefficient (Wildman–Crippen LogP) is 2.63. The van der Waals surface area contributed by atoms with Crippen molar-refractivity contribution in [2.24, 2.45) is 5.10 Å². The van der Waals surface area contributed by atoms with E-state index < -0.39 is 0 Å². The van der Waals surface area contributed by atoms with Crippen LogP contribution in [0.3, 0.4) is 0 Å². The Kier molecular flexibility index (Phi) is 4.63. The number of hydrazone groups is 1. The molecular weight excluding hydrogens is 314 g/mol. The molecule has 116 valence electrons. The summed E-state index contributed by atoms with van der Waals surface area (Å²) in [5.41, 5.74) is 5.02. The average molecular weight is 328 g/mol. The number of hydrogen-bond acceptors (Lipinski definition) is 4. The summed E-state index contributed by atoms with van der Waals surface area (Å²) < 4.78 is 1.70. The van der Waals surface area contributed by atoms with Gasteiger partial charge >= 0.3 is 0 Å². The van der Waals surface area contributed by atoms with Crippen LogP contribution in [0.2, 0.25) is 5.02 Å². The van der Waals surface area contributed by atoms with E-state index in [4.69, 9.17) is 11.6 Å². The Morgan fingerprint density at radius 3 is 3.00 bits per heavy atom. The number of amides is 1. The van der Waals surface area contributed by atoms with Crippen LogP contribution in [0.15, 0.2) is 53.6 Å². The Morgan fingerprint density at radius 1 is 1.26 bits per heavy atom. The second-order valence-corrected chi connectivity index (χ2v) is 5.34. The summed E-state index contributed by atoms with van der Waals surface area (Å²) in [5, 5.41) is 12.6. The Labute approximate surface area is 137 Å². The third-order valence-corrected chi connectivity index (χ3v) is 3.46. The second-order valence-electron chi connectivity index (χ2n) is 4.90. The van der Waals surface area contributed by atoms with Gasteiger partial charge in [-0.1, -0.05) is 41.1 Å². The number of carbonyl (C=O) groups excluding carboxylic acids is 1. The first-order valence-corrected chi connectivity index (χ1v) is 7.46. The maximum Gasteiger partial charge on any atom is 0.241 e. The van der Waals surface area contributed by atoms with Crippen LogP contribution in [0, 0.1) is 0 Å². The zero-order valence-corrected chi connectivity index (χ0v) is 12.9. The predicted molar refractivity (Wildman–Crippen MR) is 89.3 cm³/mol. The summed E-state index contributed by atoms with van der Waals surface area (Å²) in [7, 11) is 0. The van der Waals surface area contributed by atoms with Crippen LogP contribution in [-0.2, 0) is 11.3 Å². The number of carbonyl (C=O) groups is 1. The molecule has 0 spiro atoms. The molecule has 0 aliphatic carbocycles. The zero-order valence-electron chi connectivity index (χ0n) is 12.2. The van der Waals surface area contributed by atoms with Gasteiger partial charge in [0.2, 0.25) is 5.91 Å². The van der Waals surface area contributed by atoms with Gasteiger partial charge < -0.3 is 0 Å². The van der Waals surface area contributed by atoms with Crippen molar-refractivity contribution in [2.45, 2.75) is 13.0 Å². The lowest BCUT2D eigenvalue weighted by atomic mass is 10.2. The van der Waals surface area contributed by atoms with E-state index in [-0.39, 0.29) is 12.3 Å². The normalized spacial score (nSPS) is 11.2. The Bertz CT molecular complexity index is 858. The first-order valence-electron chi connectivity index (χ1n) is 7.08. The number of rotatable bonds is 5. The standard InChI is InChI=1S/C16H14ClN5O/c17-13-5-3-4-12(10-13)11-18-20-16(23)8-9-22-15-7-2-1-6-14(15)19-21-22/h1-7,10-11H,8-9H2,(H,20,23). The summed E-state index contributed by atoms with van der Waals surface area (Å²) in [6.07, 6.45) is 1.81. The molecule has 2 aromatic carbocycles. The molecular formula is C16H14ClN5O. The van der Waals surface area contributed by atoms with Gasteiger partial charge in [0, 0.05) is 11.4 Å². The lowest BCUT2D eigenvalue weighted by Crippen LogP contribution is -2.19. The third kappa shape index (κ3) is 3.92. The number of fused-ring (bicyclic) bond motifs is 1. The van der Waals surface area contributed by atoms with Crippen molar-refractivity contribution in [1.82, 2.24) is 20.4 Å². The van der Waals surface area contributed by atoms with Gasteiger partial charge in [-0.05, 0) is 29.8 Å². The van der Waals surface area contributed by atoms with E-state index in [1.54, 1.807) is 23.0 Å². The minimum Gasteiger partial charge on any atom is -0.273 e.